The zero-order valence-corrected chi connectivity index (χ0v) is 17.5. The minimum atomic E-state index is -0.437. The monoisotopic (exact) mass is 454 g/mol. The predicted molar refractivity (Wildman–Crippen MR) is 121 cm³/mol. The number of fused-ring (bicyclic) bond motifs is 1. The number of carbonyl (C=O) groups excluding carboxylic acids is 1. The molecule has 2 amide bonds. The molecule has 0 aliphatic heterocycles. The SMILES string of the molecule is O=C(Nc1ccc(OCc2cc(=O)n3ccccc3n2)cc1)Nc1cc(Cl)cc(Cl)c1. The van der Waals surface area contributed by atoms with Crippen molar-refractivity contribution in [3.63, 3.8) is 0 Å². The van der Waals surface area contributed by atoms with Gasteiger partial charge in [-0.2, -0.15) is 0 Å². The molecule has 0 fully saturated rings. The fourth-order valence-electron chi connectivity index (χ4n) is 2.89. The van der Waals surface area contributed by atoms with E-state index < -0.39 is 6.03 Å². The van der Waals surface area contributed by atoms with Crippen LogP contribution in [0.3, 0.4) is 0 Å². The van der Waals surface area contributed by atoms with Crippen LogP contribution in [0.25, 0.3) is 5.65 Å². The smallest absolute Gasteiger partial charge is 0.323 e. The van der Waals surface area contributed by atoms with Crippen molar-refractivity contribution < 1.29 is 9.53 Å². The first kappa shape index (κ1) is 20.7. The number of urea groups is 1. The van der Waals surface area contributed by atoms with Gasteiger partial charge in [-0.15, -0.1) is 0 Å². The van der Waals surface area contributed by atoms with E-state index in [1.807, 2.05) is 6.07 Å². The van der Waals surface area contributed by atoms with Crippen LogP contribution in [-0.4, -0.2) is 15.4 Å². The Morgan fingerprint density at radius 1 is 0.935 bits per heavy atom. The first-order valence-corrected chi connectivity index (χ1v) is 9.96. The van der Waals surface area contributed by atoms with E-state index in [9.17, 15) is 9.59 Å². The Balaban J connectivity index is 1.36. The number of ether oxygens (including phenoxy) is 1. The van der Waals surface area contributed by atoms with E-state index in [1.165, 1.54) is 10.5 Å². The van der Waals surface area contributed by atoms with Crippen molar-refractivity contribution in [3.8, 4) is 5.75 Å². The van der Waals surface area contributed by atoms with Gasteiger partial charge in [0.1, 0.15) is 18.0 Å². The fraction of sp³-hybridized carbons (Fsp3) is 0.0455. The molecule has 9 heteroatoms. The van der Waals surface area contributed by atoms with E-state index in [0.717, 1.165) is 0 Å². The summed E-state index contributed by atoms with van der Waals surface area (Å²) in [7, 11) is 0. The highest BCUT2D eigenvalue weighted by atomic mass is 35.5. The van der Waals surface area contributed by atoms with Crippen LogP contribution >= 0.6 is 23.2 Å². The molecule has 0 radical (unpaired) electrons. The molecule has 4 rings (SSSR count). The molecule has 156 valence electrons. The highest BCUT2D eigenvalue weighted by Gasteiger charge is 2.06. The van der Waals surface area contributed by atoms with Crippen molar-refractivity contribution in [2.75, 3.05) is 10.6 Å². The molecule has 0 unspecified atom stereocenters. The second-order valence-corrected chi connectivity index (χ2v) is 7.44. The Morgan fingerprint density at radius 2 is 1.65 bits per heavy atom. The van der Waals surface area contributed by atoms with Gasteiger partial charge in [0.2, 0.25) is 0 Å². The van der Waals surface area contributed by atoms with Crippen molar-refractivity contribution in [2.45, 2.75) is 6.61 Å². The van der Waals surface area contributed by atoms with E-state index >= 15 is 0 Å². The van der Waals surface area contributed by atoms with Crippen molar-refractivity contribution in [3.05, 3.63) is 99.0 Å². The topological polar surface area (TPSA) is 84.7 Å². The maximum atomic E-state index is 12.2. The summed E-state index contributed by atoms with van der Waals surface area (Å²) in [5.41, 5.74) is 1.96. The van der Waals surface area contributed by atoms with E-state index in [1.54, 1.807) is 60.8 Å². The number of carbonyl (C=O) groups is 1. The third kappa shape index (κ3) is 5.33. The quantitative estimate of drug-likeness (QED) is 0.432. The summed E-state index contributed by atoms with van der Waals surface area (Å²) < 4.78 is 7.17. The predicted octanol–water partition coefficient (Wildman–Crippen LogP) is 5.22. The van der Waals surface area contributed by atoms with Gasteiger partial charge in [-0.25, -0.2) is 9.78 Å². The standard InChI is InChI=1S/C22H16Cl2N4O3/c23-14-9-15(24)11-17(10-14)27-22(30)26-16-4-6-19(7-5-16)31-13-18-12-21(29)28-8-2-1-3-20(28)25-18/h1-12H,13H2,(H2,26,27,30). The molecule has 2 aromatic carbocycles. The molecule has 0 saturated heterocycles. The summed E-state index contributed by atoms with van der Waals surface area (Å²) in [5, 5.41) is 6.22. The molecule has 4 aromatic rings. The summed E-state index contributed by atoms with van der Waals surface area (Å²) in [6.45, 7) is 0.142. The first-order chi connectivity index (χ1) is 15.0. The zero-order chi connectivity index (χ0) is 21.8. The van der Waals surface area contributed by atoms with E-state index in [2.05, 4.69) is 15.6 Å². The molecule has 7 nitrogen and oxygen atoms in total. The number of amides is 2. The fourth-order valence-corrected chi connectivity index (χ4v) is 3.41. The number of halogens is 2. The maximum Gasteiger partial charge on any atom is 0.323 e. The molecule has 2 aromatic heterocycles. The van der Waals surface area contributed by atoms with Crippen LogP contribution in [0.1, 0.15) is 5.69 Å². The van der Waals surface area contributed by atoms with Crippen LogP contribution in [0.4, 0.5) is 16.2 Å². The van der Waals surface area contributed by atoms with Gasteiger partial charge in [-0.3, -0.25) is 9.20 Å². The number of nitrogens with zero attached hydrogens (tertiary/aromatic N) is 2. The van der Waals surface area contributed by atoms with Gasteiger partial charge in [0.25, 0.3) is 5.56 Å². The Hall–Kier alpha value is -3.55. The number of anilines is 2. The lowest BCUT2D eigenvalue weighted by Gasteiger charge is -2.10. The highest BCUT2D eigenvalue weighted by molar-refractivity contribution is 6.35. The molecule has 0 saturated carbocycles. The number of rotatable bonds is 5. The Labute approximate surface area is 187 Å². The third-order valence-corrected chi connectivity index (χ3v) is 4.68. The summed E-state index contributed by atoms with van der Waals surface area (Å²) in [6, 6.07) is 17.9. The van der Waals surface area contributed by atoms with Crippen molar-refractivity contribution >= 4 is 46.3 Å². The lowest BCUT2D eigenvalue weighted by molar-refractivity contribution is 0.262. The van der Waals surface area contributed by atoms with Gasteiger partial charge in [0.15, 0.2) is 0 Å². The second-order valence-electron chi connectivity index (χ2n) is 6.56. The highest BCUT2D eigenvalue weighted by Crippen LogP contribution is 2.23. The molecule has 0 spiro atoms. The van der Waals surface area contributed by atoms with Gasteiger partial charge in [0.05, 0.1) is 5.69 Å². The number of benzene rings is 2. The van der Waals surface area contributed by atoms with Crippen molar-refractivity contribution in [1.82, 2.24) is 9.38 Å². The molecular weight excluding hydrogens is 439 g/mol. The molecule has 0 aliphatic carbocycles. The van der Waals surface area contributed by atoms with Crippen LogP contribution in [-0.2, 0) is 6.61 Å². The summed E-state index contributed by atoms with van der Waals surface area (Å²) in [5.74, 6) is 0.572. The number of hydrogen-bond acceptors (Lipinski definition) is 4. The first-order valence-electron chi connectivity index (χ1n) is 9.20. The lowest BCUT2D eigenvalue weighted by Crippen LogP contribution is -2.19. The number of nitrogens with one attached hydrogen (secondary N) is 2. The molecule has 0 atom stereocenters. The van der Waals surface area contributed by atoms with E-state index in [-0.39, 0.29) is 12.2 Å². The van der Waals surface area contributed by atoms with Crippen LogP contribution in [0.15, 0.2) is 77.7 Å². The molecule has 31 heavy (non-hydrogen) atoms. The number of pyridine rings is 1. The lowest BCUT2D eigenvalue weighted by atomic mass is 10.3. The average molecular weight is 455 g/mol. The minimum absolute atomic E-state index is 0.142. The normalized spacial score (nSPS) is 10.6. The Bertz CT molecular complexity index is 1290. The minimum Gasteiger partial charge on any atom is -0.487 e. The van der Waals surface area contributed by atoms with Crippen molar-refractivity contribution in [2.24, 2.45) is 0 Å². The number of hydrogen-bond donors (Lipinski definition) is 2. The van der Waals surface area contributed by atoms with Gasteiger partial charge in [0, 0.05) is 33.7 Å². The summed E-state index contributed by atoms with van der Waals surface area (Å²) in [6.07, 6.45) is 1.66. The molecule has 0 aliphatic rings. The van der Waals surface area contributed by atoms with Crippen LogP contribution in [0.5, 0.6) is 5.75 Å². The van der Waals surface area contributed by atoms with Crippen LogP contribution < -0.4 is 20.9 Å². The molecule has 0 bridgehead atoms. The molecule has 2 N–H and O–H groups in total. The Kier molecular flexibility index (Phi) is 6.06. The van der Waals surface area contributed by atoms with Crippen LogP contribution in [0, 0.1) is 0 Å². The van der Waals surface area contributed by atoms with Gasteiger partial charge in [-0.1, -0.05) is 29.3 Å². The van der Waals surface area contributed by atoms with Gasteiger partial charge in [-0.05, 0) is 54.6 Å². The zero-order valence-electron chi connectivity index (χ0n) is 16.0. The molecule has 2 heterocycles. The van der Waals surface area contributed by atoms with Crippen molar-refractivity contribution in [1.29, 1.82) is 0 Å². The average Bonchev–Trinajstić information content (AvgIpc) is 2.72. The molecular formula is C22H16Cl2N4O3. The summed E-state index contributed by atoms with van der Waals surface area (Å²) >= 11 is 11.9. The Morgan fingerprint density at radius 3 is 2.39 bits per heavy atom. The van der Waals surface area contributed by atoms with E-state index in [4.69, 9.17) is 27.9 Å². The second kappa shape index (κ2) is 9.07. The van der Waals surface area contributed by atoms with Gasteiger partial charge < -0.3 is 15.4 Å². The summed E-state index contributed by atoms with van der Waals surface area (Å²) in [4.78, 5) is 28.7. The van der Waals surface area contributed by atoms with Gasteiger partial charge >= 0.3 is 6.03 Å². The third-order valence-electron chi connectivity index (χ3n) is 4.24. The maximum absolute atomic E-state index is 12.2. The largest absolute Gasteiger partial charge is 0.487 e. The van der Waals surface area contributed by atoms with E-state index in [0.29, 0.717) is 38.5 Å². The van der Waals surface area contributed by atoms with Crippen LogP contribution in [0.2, 0.25) is 10.0 Å². The number of aromatic nitrogens is 2.